The van der Waals surface area contributed by atoms with Gasteiger partial charge in [-0.25, -0.2) is 9.97 Å². The van der Waals surface area contributed by atoms with Gasteiger partial charge in [0.2, 0.25) is 0 Å². The molecule has 0 bridgehead atoms. The second-order valence-electron chi connectivity index (χ2n) is 7.18. The van der Waals surface area contributed by atoms with Crippen molar-refractivity contribution in [2.24, 2.45) is 0 Å². The Bertz CT molecular complexity index is 1020. The average Bonchev–Trinajstić information content (AvgIpc) is 3.33. The molecule has 0 atom stereocenters. The molecule has 1 aliphatic heterocycles. The Hall–Kier alpha value is -2.54. The second-order valence-corrected chi connectivity index (χ2v) is 7.98. The van der Waals surface area contributed by atoms with Gasteiger partial charge in [0, 0.05) is 42.8 Å². The predicted octanol–water partition coefficient (Wildman–Crippen LogP) is 2.85. The Morgan fingerprint density at radius 1 is 1.07 bits per heavy atom. The molecule has 1 fully saturated rings. The molecule has 1 aromatic carbocycles. The number of benzene rings is 1. The molecule has 3 aromatic rings. The summed E-state index contributed by atoms with van der Waals surface area (Å²) >= 11 is 1.54. The summed E-state index contributed by atoms with van der Waals surface area (Å²) in [5.41, 5.74) is 2.76. The SMILES string of the molecule is Cc1nc2c(c(C(=O)N3CCN(c4nsc5ccccc45)CC3)n1)CCC2. The summed E-state index contributed by atoms with van der Waals surface area (Å²) in [5, 5.41) is 1.20. The normalized spacial score (nSPS) is 16.8. The summed E-state index contributed by atoms with van der Waals surface area (Å²) in [6.45, 7) is 4.86. The van der Waals surface area contributed by atoms with Gasteiger partial charge >= 0.3 is 0 Å². The molecule has 0 spiro atoms. The molecule has 0 radical (unpaired) electrons. The summed E-state index contributed by atoms with van der Waals surface area (Å²) in [7, 11) is 0. The molecule has 0 N–H and O–H groups in total. The zero-order valence-electron chi connectivity index (χ0n) is 15.3. The number of nitrogens with zero attached hydrogens (tertiary/aromatic N) is 5. The minimum atomic E-state index is 0.0569. The van der Waals surface area contributed by atoms with Gasteiger partial charge in [0.15, 0.2) is 0 Å². The number of hydrogen-bond acceptors (Lipinski definition) is 6. The van der Waals surface area contributed by atoms with Gasteiger partial charge in [-0.15, -0.1) is 0 Å². The van der Waals surface area contributed by atoms with E-state index in [2.05, 4.69) is 37.4 Å². The minimum absolute atomic E-state index is 0.0569. The van der Waals surface area contributed by atoms with E-state index in [0.717, 1.165) is 49.4 Å². The van der Waals surface area contributed by atoms with E-state index in [-0.39, 0.29) is 5.91 Å². The number of aromatic nitrogens is 3. The van der Waals surface area contributed by atoms with Crippen molar-refractivity contribution in [2.75, 3.05) is 31.1 Å². The van der Waals surface area contributed by atoms with Crippen LogP contribution in [0.2, 0.25) is 0 Å². The maximum Gasteiger partial charge on any atom is 0.273 e. The molecule has 0 saturated carbocycles. The summed E-state index contributed by atoms with van der Waals surface area (Å²) in [6, 6.07) is 8.33. The summed E-state index contributed by atoms with van der Waals surface area (Å²) in [4.78, 5) is 26.4. The number of aryl methyl sites for hydroxylation is 2. The number of carbonyl (C=O) groups excluding carboxylic acids is 1. The molecule has 1 saturated heterocycles. The third-order valence-corrected chi connectivity index (χ3v) is 6.29. The van der Waals surface area contributed by atoms with Crippen molar-refractivity contribution in [1.29, 1.82) is 0 Å². The molecular formula is C20H21N5OS. The maximum absolute atomic E-state index is 13.1. The van der Waals surface area contributed by atoms with Crippen molar-refractivity contribution >= 4 is 33.3 Å². The number of hydrogen-bond donors (Lipinski definition) is 0. The van der Waals surface area contributed by atoms with Crippen molar-refractivity contribution in [3.63, 3.8) is 0 Å². The lowest BCUT2D eigenvalue weighted by Crippen LogP contribution is -2.49. The van der Waals surface area contributed by atoms with Gasteiger partial charge in [-0.05, 0) is 49.9 Å². The monoisotopic (exact) mass is 379 g/mol. The maximum atomic E-state index is 13.1. The first-order valence-electron chi connectivity index (χ1n) is 9.46. The van der Waals surface area contributed by atoms with Crippen molar-refractivity contribution < 1.29 is 4.79 Å². The first-order chi connectivity index (χ1) is 13.2. The van der Waals surface area contributed by atoms with Gasteiger partial charge in [-0.1, -0.05) is 12.1 Å². The van der Waals surface area contributed by atoms with E-state index >= 15 is 0 Å². The van der Waals surface area contributed by atoms with Gasteiger partial charge in [0.05, 0.1) is 4.70 Å². The third-order valence-electron chi connectivity index (χ3n) is 5.47. The van der Waals surface area contributed by atoms with Crippen LogP contribution >= 0.6 is 11.5 Å². The number of anilines is 1. The zero-order valence-corrected chi connectivity index (χ0v) is 16.1. The van der Waals surface area contributed by atoms with Crippen LogP contribution in [0, 0.1) is 6.92 Å². The highest BCUT2D eigenvalue weighted by Gasteiger charge is 2.29. The number of rotatable bonds is 2. The summed E-state index contributed by atoms with van der Waals surface area (Å²) < 4.78 is 5.86. The van der Waals surface area contributed by atoms with E-state index in [1.807, 2.05) is 17.9 Å². The number of piperazine rings is 1. The van der Waals surface area contributed by atoms with Crippen molar-refractivity contribution in [1.82, 2.24) is 19.2 Å². The Morgan fingerprint density at radius 3 is 2.74 bits per heavy atom. The topological polar surface area (TPSA) is 62.2 Å². The van der Waals surface area contributed by atoms with Crippen LogP contribution in [-0.4, -0.2) is 51.3 Å². The van der Waals surface area contributed by atoms with Gasteiger partial charge in [-0.2, -0.15) is 4.37 Å². The largest absolute Gasteiger partial charge is 0.352 e. The Morgan fingerprint density at radius 2 is 1.89 bits per heavy atom. The Balaban J connectivity index is 1.34. The first-order valence-corrected chi connectivity index (χ1v) is 10.2. The average molecular weight is 379 g/mol. The summed E-state index contributed by atoms with van der Waals surface area (Å²) in [6.07, 6.45) is 2.95. The molecule has 6 nitrogen and oxygen atoms in total. The molecule has 2 aromatic heterocycles. The van der Waals surface area contributed by atoms with Crippen LogP contribution < -0.4 is 4.90 Å². The standard InChI is InChI=1S/C20H21N5OS/c1-13-21-16-7-4-6-14(16)18(22-13)20(26)25-11-9-24(10-12-25)19-15-5-2-3-8-17(15)27-23-19/h2-3,5,8H,4,6-7,9-12H2,1H3. The van der Waals surface area contributed by atoms with Crippen LogP contribution in [0.25, 0.3) is 10.1 Å². The third kappa shape index (κ3) is 2.86. The fraction of sp³-hybridized carbons (Fsp3) is 0.400. The van der Waals surface area contributed by atoms with Gasteiger partial charge < -0.3 is 9.80 Å². The van der Waals surface area contributed by atoms with Gasteiger partial charge in [-0.3, -0.25) is 4.79 Å². The van der Waals surface area contributed by atoms with Crippen molar-refractivity contribution in [2.45, 2.75) is 26.2 Å². The number of carbonyl (C=O) groups is 1. The molecule has 7 heteroatoms. The first kappa shape index (κ1) is 16.6. The van der Waals surface area contributed by atoms with Gasteiger partial charge in [0.1, 0.15) is 17.3 Å². The minimum Gasteiger partial charge on any atom is -0.352 e. The van der Waals surface area contributed by atoms with Crippen molar-refractivity contribution in [3.05, 3.63) is 47.0 Å². The van der Waals surface area contributed by atoms with E-state index in [1.54, 1.807) is 0 Å². The van der Waals surface area contributed by atoms with E-state index in [9.17, 15) is 4.79 Å². The summed E-state index contributed by atoms with van der Waals surface area (Å²) in [5.74, 6) is 1.80. The molecule has 2 aliphatic rings. The van der Waals surface area contributed by atoms with Crippen LogP contribution in [-0.2, 0) is 12.8 Å². The highest BCUT2D eigenvalue weighted by molar-refractivity contribution is 7.13. The lowest BCUT2D eigenvalue weighted by molar-refractivity contribution is 0.0739. The fourth-order valence-corrected chi connectivity index (χ4v) is 4.90. The van der Waals surface area contributed by atoms with Crippen LogP contribution in [0.3, 0.4) is 0 Å². The molecular weight excluding hydrogens is 358 g/mol. The zero-order chi connectivity index (χ0) is 18.4. The smallest absolute Gasteiger partial charge is 0.273 e. The van der Waals surface area contributed by atoms with Crippen LogP contribution in [0.1, 0.15) is 34.0 Å². The molecule has 138 valence electrons. The fourth-order valence-electron chi connectivity index (χ4n) is 4.10. The highest BCUT2D eigenvalue weighted by atomic mass is 32.1. The van der Waals surface area contributed by atoms with E-state index in [1.165, 1.54) is 21.6 Å². The molecule has 5 rings (SSSR count). The van der Waals surface area contributed by atoms with E-state index in [4.69, 9.17) is 0 Å². The molecule has 0 unspecified atom stereocenters. The van der Waals surface area contributed by atoms with Gasteiger partial charge in [0.25, 0.3) is 5.91 Å². The predicted molar refractivity (Wildman–Crippen MR) is 107 cm³/mol. The van der Waals surface area contributed by atoms with E-state index < -0.39 is 0 Å². The van der Waals surface area contributed by atoms with Crippen LogP contribution in [0.4, 0.5) is 5.82 Å². The molecule has 1 aliphatic carbocycles. The van der Waals surface area contributed by atoms with Crippen LogP contribution in [0.5, 0.6) is 0 Å². The highest BCUT2D eigenvalue weighted by Crippen LogP contribution is 2.30. The molecule has 27 heavy (non-hydrogen) atoms. The Kier molecular flexibility index (Phi) is 4.04. The molecule has 1 amide bonds. The number of amides is 1. The molecule has 3 heterocycles. The lowest BCUT2D eigenvalue weighted by atomic mass is 10.1. The number of fused-ring (bicyclic) bond motifs is 2. The van der Waals surface area contributed by atoms with Crippen molar-refractivity contribution in [3.8, 4) is 0 Å². The Labute approximate surface area is 162 Å². The second kappa shape index (κ2) is 6.56. The quantitative estimate of drug-likeness (QED) is 0.685. The lowest BCUT2D eigenvalue weighted by Gasteiger charge is -2.35. The van der Waals surface area contributed by atoms with Crippen LogP contribution in [0.15, 0.2) is 24.3 Å². The van der Waals surface area contributed by atoms with E-state index in [0.29, 0.717) is 24.6 Å².